The van der Waals surface area contributed by atoms with Gasteiger partial charge in [0.1, 0.15) is 5.82 Å². The van der Waals surface area contributed by atoms with Gasteiger partial charge < -0.3 is 15.1 Å². The number of fused-ring (bicyclic) bond motifs is 1. The van der Waals surface area contributed by atoms with Gasteiger partial charge in [0.25, 0.3) is 5.91 Å². The summed E-state index contributed by atoms with van der Waals surface area (Å²) in [5.74, 6) is 0.765. The maximum Gasteiger partial charge on any atom is 0.255 e. The van der Waals surface area contributed by atoms with E-state index >= 15 is 0 Å². The fraction of sp³-hybridized carbons (Fsp3) is 0.250. The van der Waals surface area contributed by atoms with Gasteiger partial charge in [0, 0.05) is 30.9 Å². The van der Waals surface area contributed by atoms with Crippen LogP contribution in [0.3, 0.4) is 0 Å². The van der Waals surface area contributed by atoms with Crippen LogP contribution in [-0.2, 0) is 0 Å². The first-order valence-electron chi connectivity index (χ1n) is 11.7. The van der Waals surface area contributed by atoms with E-state index in [9.17, 15) is 4.79 Å². The van der Waals surface area contributed by atoms with Crippen molar-refractivity contribution in [2.24, 2.45) is 0 Å². The molecule has 1 aromatic heterocycles. The average molecular weight is 452 g/mol. The largest absolute Gasteiger partial charge is 0.354 e. The Morgan fingerprint density at radius 2 is 1.59 bits per heavy atom. The van der Waals surface area contributed by atoms with Crippen LogP contribution >= 0.6 is 0 Å². The first kappa shape index (κ1) is 22.0. The summed E-state index contributed by atoms with van der Waals surface area (Å²) in [6, 6.07) is 21.7. The fourth-order valence-electron chi connectivity index (χ4n) is 4.27. The average Bonchev–Trinajstić information content (AvgIpc) is 3.08. The molecule has 0 saturated carbocycles. The molecule has 5 rings (SSSR count). The molecule has 1 fully saturated rings. The molecule has 0 aliphatic carbocycles. The van der Waals surface area contributed by atoms with Gasteiger partial charge in [0.05, 0.1) is 17.2 Å². The molecule has 2 heterocycles. The van der Waals surface area contributed by atoms with Crippen LogP contribution in [0.1, 0.15) is 22.3 Å². The van der Waals surface area contributed by atoms with Gasteiger partial charge in [-0.3, -0.25) is 9.78 Å². The Balaban J connectivity index is 1.28. The number of rotatable bonds is 4. The molecular weight excluding hydrogens is 422 g/mol. The van der Waals surface area contributed by atoms with E-state index in [4.69, 9.17) is 4.98 Å². The van der Waals surface area contributed by atoms with Gasteiger partial charge >= 0.3 is 0 Å². The number of carbonyl (C=O) groups is 1. The van der Waals surface area contributed by atoms with Crippen molar-refractivity contribution in [1.29, 1.82) is 0 Å². The molecule has 6 heteroatoms. The number of nitrogens with one attached hydrogen (secondary N) is 1. The molecule has 172 valence electrons. The highest BCUT2D eigenvalue weighted by molar-refractivity contribution is 6.05. The second-order valence-corrected chi connectivity index (χ2v) is 8.97. The lowest BCUT2D eigenvalue weighted by Crippen LogP contribution is -2.29. The minimum Gasteiger partial charge on any atom is -0.354 e. The number of hydrogen-bond acceptors (Lipinski definition) is 5. The van der Waals surface area contributed by atoms with Crippen LogP contribution in [0.5, 0.6) is 0 Å². The minimum atomic E-state index is -0.145. The zero-order chi connectivity index (χ0) is 23.5. The van der Waals surface area contributed by atoms with Crippen LogP contribution in [0.4, 0.5) is 11.5 Å². The lowest BCUT2D eigenvalue weighted by atomic mass is 10.0. The number of amides is 1. The van der Waals surface area contributed by atoms with E-state index in [2.05, 4.69) is 58.3 Å². The first-order valence-corrected chi connectivity index (χ1v) is 11.7. The van der Waals surface area contributed by atoms with Gasteiger partial charge in [0.15, 0.2) is 0 Å². The summed E-state index contributed by atoms with van der Waals surface area (Å²) in [6.07, 6.45) is 2.95. The molecule has 1 N–H and O–H groups in total. The van der Waals surface area contributed by atoms with E-state index < -0.39 is 0 Å². The third-order valence-electron chi connectivity index (χ3n) is 6.36. The molecule has 34 heavy (non-hydrogen) atoms. The Bertz CT molecular complexity index is 1300. The predicted octanol–water partition coefficient (Wildman–Crippen LogP) is 5.00. The molecule has 1 aliphatic rings. The van der Waals surface area contributed by atoms with Gasteiger partial charge in [-0.1, -0.05) is 42.0 Å². The van der Waals surface area contributed by atoms with Crippen molar-refractivity contribution in [2.75, 3.05) is 43.4 Å². The van der Waals surface area contributed by atoms with Crippen molar-refractivity contribution in [3.63, 3.8) is 0 Å². The predicted molar refractivity (Wildman–Crippen MR) is 138 cm³/mol. The van der Waals surface area contributed by atoms with E-state index in [1.165, 1.54) is 5.56 Å². The highest BCUT2D eigenvalue weighted by Crippen LogP contribution is 2.23. The summed E-state index contributed by atoms with van der Waals surface area (Å²) >= 11 is 0. The molecule has 6 nitrogen and oxygen atoms in total. The summed E-state index contributed by atoms with van der Waals surface area (Å²) in [4.78, 5) is 26.9. The number of carbonyl (C=O) groups excluding carboxylic acids is 1. The summed E-state index contributed by atoms with van der Waals surface area (Å²) in [7, 11) is 2.16. The Labute approximate surface area is 200 Å². The van der Waals surface area contributed by atoms with E-state index in [-0.39, 0.29) is 5.91 Å². The third-order valence-corrected chi connectivity index (χ3v) is 6.36. The molecule has 0 atom stereocenters. The summed E-state index contributed by atoms with van der Waals surface area (Å²) in [5, 5.41) is 2.99. The summed E-state index contributed by atoms with van der Waals surface area (Å²) in [6.45, 7) is 6.14. The molecule has 0 bridgehead atoms. The number of anilines is 2. The highest BCUT2D eigenvalue weighted by atomic mass is 16.1. The normalized spacial score (nSPS) is 14.7. The molecule has 0 spiro atoms. The number of aryl methyl sites for hydroxylation is 1. The van der Waals surface area contributed by atoms with Crippen molar-refractivity contribution in [3.05, 3.63) is 84.1 Å². The number of hydrogen-bond donors (Lipinski definition) is 1. The topological polar surface area (TPSA) is 61.4 Å². The van der Waals surface area contributed by atoms with Gasteiger partial charge in [-0.05, 0) is 68.4 Å². The fourth-order valence-corrected chi connectivity index (χ4v) is 4.27. The van der Waals surface area contributed by atoms with Crippen LogP contribution in [-0.4, -0.2) is 54.0 Å². The molecule has 4 aromatic rings. The molecule has 0 radical (unpaired) electrons. The van der Waals surface area contributed by atoms with E-state index in [0.717, 1.165) is 60.6 Å². The smallest absolute Gasteiger partial charge is 0.255 e. The van der Waals surface area contributed by atoms with E-state index in [1.807, 2.05) is 48.7 Å². The maximum absolute atomic E-state index is 12.8. The van der Waals surface area contributed by atoms with Crippen LogP contribution in [0.15, 0.2) is 72.9 Å². The van der Waals surface area contributed by atoms with Gasteiger partial charge in [0.2, 0.25) is 0 Å². The van der Waals surface area contributed by atoms with Crippen molar-refractivity contribution in [3.8, 4) is 11.1 Å². The van der Waals surface area contributed by atoms with Crippen LogP contribution in [0.2, 0.25) is 0 Å². The van der Waals surface area contributed by atoms with Crippen molar-refractivity contribution < 1.29 is 4.79 Å². The molecular formula is C28H29N5O. The Kier molecular flexibility index (Phi) is 6.23. The Morgan fingerprint density at radius 1 is 0.853 bits per heavy atom. The molecule has 1 saturated heterocycles. The van der Waals surface area contributed by atoms with Crippen LogP contribution < -0.4 is 10.2 Å². The zero-order valence-electron chi connectivity index (χ0n) is 19.7. The molecule has 3 aromatic carbocycles. The molecule has 0 unspecified atom stereocenters. The lowest BCUT2D eigenvalue weighted by molar-refractivity contribution is 0.102. The Morgan fingerprint density at radius 3 is 2.35 bits per heavy atom. The molecule has 1 aliphatic heterocycles. The van der Waals surface area contributed by atoms with Crippen molar-refractivity contribution in [1.82, 2.24) is 14.9 Å². The van der Waals surface area contributed by atoms with Crippen LogP contribution in [0.25, 0.3) is 22.2 Å². The number of likely N-dealkylation sites (N-methyl/N-ethyl adjacent to an activating group) is 1. The van der Waals surface area contributed by atoms with Crippen LogP contribution in [0, 0.1) is 6.92 Å². The zero-order valence-corrected chi connectivity index (χ0v) is 19.7. The summed E-state index contributed by atoms with van der Waals surface area (Å²) < 4.78 is 0. The second-order valence-electron chi connectivity index (χ2n) is 8.97. The van der Waals surface area contributed by atoms with E-state index in [0.29, 0.717) is 11.3 Å². The number of nitrogens with zero attached hydrogens (tertiary/aromatic N) is 4. The summed E-state index contributed by atoms with van der Waals surface area (Å²) in [5.41, 5.74) is 6.37. The number of benzene rings is 3. The highest BCUT2D eigenvalue weighted by Gasteiger charge is 2.15. The standard InChI is InChI=1S/C28H29N5O/c1-20-4-6-21(7-5-20)22-8-10-23(11-9-22)28(34)30-24-12-13-25-26(18-24)29-19-27(31-25)33-15-3-14-32(2)16-17-33/h4-13,18-19H,3,14-17H2,1-2H3,(H,30,34). The van der Waals surface area contributed by atoms with Gasteiger partial charge in [-0.15, -0.1) is 0 Å². The number of aromatic nitrogens is 2. The van der Waals surface area contributed by atoms with Crippen molar-refractivity contribution >= 4 is 28.4 Å². The minimum absolute atomic E-state index is 0.145. The molecule has 1 amide bonds. The SMILES string of the molecule is Cc1ccc(-c2ccc(C(=O)Nc3ccc4nc(N5CCCN(C)CC5)cnc4c3)cc2)cc1. The second kappa shape index (κ2) is 9.61. The first-order chi connectivity index (χ1) is 16.5. The maximum atomic E-state index is 12.8. The van der Waals surface area contributed by atoms with E-state index in [1.54, 1.807) is 0 Å². The monoisotopic (exact) mass is 451 g/mol. The lowest BCUT2D eigenvalue weighted by Gasteiger charge is -2.21. The van der Waals surface area contributed by atoms with Crippen molar-refractivity contribution in [2.45, 2.75) is 13.3 Å². The third kappa shape index (κ3) is 4.92. The van der Waals surface area contributed by atoms with Gasteiger partial charge in [-0.2, -0.15) is 0 Å². The van der Waals surface area contributed by atoms with Gasteiger partial charge in [-0.25, -0.2) is 4.98 Å². The Hall–Kier alpha value is -3.77. The quantitative estimate of drug-likeness (QED) is 0.473.